The summed E-state index contributed by atoms with van der Waals surface area (Å²) in [4.78, 5) is 7.21. The van der Waals surface area contributed by atoms with E-state index in [0.717, 1.165) is 29.9 Å². The highest BCUT2D eigenvalue weighted by Gasteiger charge is 2.22. The second kappa shape index (κ2) is 5.13. The van der Waals surface area contributed by atoms with Crippen LogP contribution in [0.5, 0.6) is 0 Å². The minimum Gasteiger partial charge on any atom is -0.353 e. The third-order valence-electron chi connectivity index (χ3n) is 3.27. The van der Waals surface area contributed by atoms with Gasteiger partial charge in [0.2, 0.25) is 0 Å². The molecule has 0 bridgehead atoms. The van der Waals surface area contributed by atoms with E-state index in [0.29, 0.717) is 5.25 Å². The number of halogens is 1. The molecule has 0 radical (unpaired) electrons. The van der Waals surface area contributed by atoms with Crippen LogP contribution in [0.25, 0.3) is 5.65 Å². The number of pyridine rings is 1. The average Bonchev–Trinajstić information content (AvgIpc) is 2.77. The van der Waals surface area contributed by atoms with Crippen LogP contribution < -0.4 is 4.90 Å². The molecule has 5 heteroatoms. The summed E-state index contributed by atoms with van der Waals surface area (Å²) in [5.74, 6) is 2.33. The maximum absolute atomic E-state index is 4.79. The van der Waals surface area contributed by atoms with Gasteiger partial charge in [-0.15, -0.1) is 0 Å². The monoisotopic (exact) mass is 325 g/mol. The van der Waals surface area contributed by atoms with Crippen LogP contribution in [0.4, 0.5) is 5.82 Å². The van der Waals surface area contributed by atoms with Crippen molar-refractivity contribution in [3.8, 4) is 0 Å². The van der Waals surface area contributed by atoms with Crippen LogP contribution in [0.2, 0.25) is 0 Å². The minimum absolute atomic E-state index is 0.687. The predicted octanol–water partition coefficient (Wildman–Crippen LogP) is 3.17. The van der Waals surface area contributed by atoms with Gasteiger partial charge in [-0.05, 0) is 12.1 Å². The summed E-state index contributed by atoms with van der Waals surface area (Å²) in [5, 5.41) is 1.53. The van der Waals surface area contributed by atoms with E-state index in [1.165, 1.54) is 11.4 Å². The molecule has 0 aromatic carbocycles. The van der Waals surface area contributed by atoms with Gasteiger partial charge in [0, 0.05) is 35.6 Å². The lowest BCUT2D eigenvalue weighted by molar-refractivity contribution is 0.769. The third kappa shape index (κ3) is 2.14. The Bertz CT molecular complexity index is 554. The molecule has 1 atom stereocenters. The number of alkyl halides is 1. The standard InChI is InChI=1S/C13H16BrN3S/c1-10-9-16(6-7-18-10)13-11(8-14)17-5-3-2-4-12(17)15-13/h2-5,10H,6-9H2,1H3. The Morgan fingerprint density at radius 1 is 1.50 bits per heavy atom. The number of rotatable bonds is 2. The fraction of sp³-hybridized carbons (Fsp3) is 0.462. The van der Waals surface area contributed by atoms with Crippen LogP contribution in [0.1, 0.15) is 12.6 Å². The van der Waals surface area contributed by atoms with E-state index >= 15 is 0 Å². The Morgan fingerprint density at radius 3 is 3.17 bits per heavy atom. The van der Waals surface area contributed by atoms with Crippen molar-refractivity contribution in [3.63, 3.8) is 0 Å². The van der Waals surface area contributed by atoms with Gasteiger partial charge < -0.3 is 9.30 Å². The van der Waals surface area contributed by atoms with E-state index in [2.05, 4.69) is 50.5 Å². The van der Waals surface area contributed by atoms with Crippen molar-refractivity contribution in [2.45, 2.75) is 17.5 Å². The Balaban J connectivity index is 2.05. The van der Waals surface area contributed by atoms with Gasteiger partial charge in [-0.2, -0.15) is 11.8 Å². The van der Waals surface area contributed by atoms with Crippen molar-refractivity contribution in [1.29, 1.82) is 0 Å². The molecule has 96 valence electrons. The van der Waals surface area contributed by atoms with Gasteiger partial charge in [0.25, 0.3) is 0 Å². The molecule has 0 saturated carbocycles. The fourth-order valence-electron chi connectivity index (χ4n) is 2.42. The van der Waals surface area contributed by atoms with E-state index < -0.39 is 0 Å². The van der Waals surface area contributed by atoms with Crippen molar-refractivity contribution in [3.05, 3.63) is 30.1 Å². The number of nitrogens with zero attached hydrogens (tertiary/aromatic N) is 3. The second-order valence-corrected chi connectivity index (χ2v) is 6.68. The lowest BCUT2D eigenvalue weighted by Crippen LogP contribution is -2.37. The number of imidazole rings is 1. The molecule has 1 saturated heterocycles. The fourth-order valence-corrected chi connectivity index (χ4v) is 3.96. The average molecular weight is 326 g/mol. The minimum atomic E-state index is 0.687. The predicted molar refractivity (Wildman–Crippen MR) is 82.0 cm³/mol. The second-order valence-electron chi connectivity index (χ2n) is 4.57. The van der Waals surface area contributed by atoms with Gasteiger partial charge in [0.05, 0.1) is 5.69 Å². The van der Waals surface area contributed by atoms with Crippen LogP contribution >= 0.6 is 27.7 Å². The molecule has 0 aliphatic carbocycles. The number of fused-ring (bicyclic) bond motifs is 1. The summed E-state index contributed by atoms with van der Waals surface area (Å²) in [6, 6.07) is 6.16. The third-order valence-corrected chi connectivity index (χ3v) is 4.94. The molecule has 3 heterocycles. The zero-order chi connectivity index (χ0) is 12.5. The van der Waals surface area contributed by atoms with Crippen molar-refractivity contribution in [2.75, 3.05) is 23.7 Å². The largest absolute Gasteiger partial charge is 0.353 e. The number of anilines is 1. The van der Waals surface area contributed by atoms with Crippen LogP contribution in [0, 0.1) is 0 Å². The van der Waals surface area contributed by atoms with E-state index in [-0.39, 0.29) is 0 Å². The van der Waals surface area contributed by atoms with Gasteiger partial charge >= 0.3 is 0 Å². The molecule has 0 spiro atoms. The maximum Gasteiger partial charge on any atom is 0.152 e. The van der Waals surface area contributed by atoms with Gasteiger partial charge in [-0.1, -0.05) is 28.9 Å². The molecule has 2 aromatic heterocycles. The molecule has 3 rings (SSSR count). The van der Waals surface area contributed by atoms with Crippen LogP contribution in [0.15, 0.2) is 24.4 Å². The summed E-state index contributed by atoms with van der Waals surface area (Å²) in [7, 11) is 0. The smallest absolute Gasteiger partial charge is 0.152 e. The van der Waals surface area contributed by atoms with Crippen LogP contribution in [-0.2, 0) is 5.33 Å². The number of hydrogen-bond donors (Lipinski definition) is 0. The van der Waals surface area contributed by atoms with Crippen LogP contribution in [-0.4, -0.2) is 33.5 Å². The first-order valence-electron chi connectivity index (χ1n) is 6.18. The van der Waals surface area contributed by atoms with Crippen molar-refractivity contribution < 1.29 is 0 Å². The molecule has 2 aromatic rings. The first-order chi connectivity index (χ1) is 8.79. The highest BCUT2D eigenvalue weighted by Crippen LogP contribution is 2.28. The molecule has 1 aliphatic heterocycles. The highest BCUT2D eigenvalue weighted by atomic mass is 79.9. The van der Waals surface area contributed by atoms with Gasteiger partial charge in [0.15, 0.2) is 5.82 Å². The first-order valence-corrected chi connectivity index (χ1v) is 8.35. The van der Waals surface area contributed by atoms with E-state index in [9.17, 15) is 0 Å². The molecule has 1 unspecified atom stereocenters. The zero-order valence-corrected chi connectivity index (χ0v) is 12.7. The van der Waals surface area contributed by atoms with Gasteiger partial charge in [0.1, 0.15) is 5.65 Å². The number of hydrogen-bond acceptors (Lipinski definition) is 3. The topological polar surface area (TPSA) is 20.5 Å². The first kappa shape index (κ1) is 12.4. The molecule has 0 N–H and O–H groups in total. The van der Waals surface area contributed by atoms with Crippen molar-refractivity contribution in [1.82, 2.24) is 9.38 Å². The maximum atomic E-state index is 4.79. The van der Waals surface area contributed by atoms with Crippen molar-refractivity contribution in [2.24, 2.45) is 0 Å². The Hall–Kier alpha value is -0.680. The number of thioether (sulfide) groups is 1. The highest BCUT2D eigenvalue weighted by molar-refractivity contribution is 9.08. The molecule has 0 amide bonds. The SMILES string of the molecule is CC1CN(c2nc3ccccn3c2CBr)CCS1. The Kier molecular flexibility index (Phi) is 3.52. The summed E-state index contributed by atoms with van der Waals surface area (Å²) in [5.41, 5.74) is 2.29. The molecular weight excluding hydrogens is 310 g/mol. The molecular formula is C13H16BrN3S. The Labute approximate surface area is 120 Å². The quantitative estimate of drug-likeness (QED) is 0.791. The van der Waals surface area contributed by atoms with Gasteiger partial charge in [-0.3, -0.25) is 0 Å². The summed E-state index contributed by atoms with van der Waals surface area (Å²) in [6.07, 6.45) is 2.09. The molecule has 1 fully saturated rings. The van der Waals surface area contributed by atoms with E-state index in [1.807, 2.05) is 17.8 Å². The lowest BCUT2D eigenvalue weighted by atomic mass is 10.3. The normalized spacial score (nSPS) is 20.6. The molecule has 18 heavy (non-hydrogen) atoms. The Morgan fingerprint density at radius 2 is 2.39 bits per heavy atom. The molecule has 3 nitrogen and oxygen atoms in total. The van der Waals surface area contributed by atoms with Crippen LogP contribution in [0.3, 0.4) is 0 Å². The number of aromatic nitrogens is 2. The summed E-state index contributed by atoms with van der Waals surface area (Å²) in [6.45, 7) is 4.48. The lowest BCUT2D eigenvalue weighted by Gasteiger charge is -2.31. The molecule has 1 aliphatic rings. The summed E-state index contributed by atoms with van der Waals surface area (Å²) >= 11 is 5.65. The van der Waals surface area contributed by atoms with Gasteiger partial charge in [-0.25, -0.2) is 4.98 Å². The van der Waals surface area contributed by atoms with Crippen molar-refractivity contribution >= 4 is 39.2 Å². The zero-order valence-electron chi connectivity index (χ0n) is 10.3. The summed E-state index contributed by atoms with van der Waals surface area (Å²) < 4.78 is 2.18. The van der Waals surface area contributed by atoms with E-state index in [1.54, 1.807) is 0 Å². The van der Waals surface area contributed by atoms with E-state index in [4.69, 9.17) is 4.98 Å².